The Kier molecular flexibility index (Phi) is 6.58. The number of amides is 1. The second-order valence-electron chi connectivity index (χ2n) is 5.56. The van der Waals surface area contributed by atoms with Gasteiger partial charge in [0.15, 0.2) is 0 Å². The molecule has 2 N–H and O–H groups in total. The van der Waals surface area contributed by atoms with Crippen LogP contribution in [0.2, 0.25) is 0 Å². The van der Waals surface area contributed by atoms with E-state index >= 15 is 0 Å². The fourth-order valence-electron chi connectivity index (χ4n) is 2.41. The van der Waals surface area contributed by atoms with Gasteiger partial charge in [-0.3, -0.25) is 4.79 Å². The molecule has 0 radical (unpaired) electrons. The Morgan fingerprint density at radius 1 is 1.32 bits per heavy atom. The first-order valence-corrected chi connectivity index (χ1v) is 7.83. The average Bonchev–Trinajstić information content (AvgIpc) is 3.02. The van der Waals surface area contributed by atoms with Crippen molar-refractivity contribution in [3.05, 3.63) is 41.7 Å². The summed E-state index contributed by atoms with van der Waals surface area (Å²) in [4.78, 5) is 24.1. The molecule has 0 bridgehead atoms. The van der Waals surface area contributed by atoms with Gasteiger partial charge in [-0.25, -0.2) is 9.48 Å². The van der Waals surface area contributed by atoms with E-state index in [0.29, 0.717) is 12.2 Å². The lowest BCUT2D eigenvalue weighted by molar-refractivity contribution is -0.142. The standard InChI is InChI=1S/C16H21N5O4/c1-11-18-19-20-21(11)14(10-12-6-4-3-5-7-12)15(22)17-13(16(23)24)8-9-25-2/h3-7,13-14H,8-10H2,1-2H3,(H,17,22)(H,23,24). The Balaban J connectivity index is 2.20. The smallest absolute Gasteiger partial charge is 0.326 e. The lowest BCUT2D eigenvalue weighted by Crippen LogP contribution is -2.45. The summed E-state index contributed by atoms with van der Waals surface area (Å²) in [5.41, 5.74) is 0.918. The summed E-state index contributed by atoms with van der Waals surface area (Å²) in [7, 11) is 1.48. The number of carbonyl (C=O) groups excluding carboxylic acids is 1. The summed E-state index contributed by atoms with van der Waals surface area (Å²) in [5, 5.41) is 23.1. The molecule has 2 atom stereocenters. The minimum atomic E-state index is -1.11. The number of hydrogen-bond acceptors (Lipinski definition) is 6. The lowest BCUT2D eigenvalue weighted by Gasteiger charge is -2.21. The number of aromatic nitrogens is 4. The lowest BCUT2D eigenvalue weighted by atomic mass is 10.0. The number of benzene rings is 1. The molecule has 2 aromatic rings. The first-order valence-electron chi connectivity index (χ1n) is 7.83. The molecule has 25 heavy (non-hydrogen) atoms. The zero-order valence-electron chi connectivity index (χ0n) is 14.1. The van der Waals surface area contributed by atoms with E-state index in [4.69, 9.17) is 4.74 Å². The normalized spacial score (nSPS) is 13.2. The van der Waals surface area contributed by atoms with Crippen LogP contribution in [0.3, 0.4) is 0 Å². The monoisotopic (exact) mass is 347 g/mol. The van der Waals surface area contributed by atoms with Gasteiger partial charge < -0.3 is 15.2 Å². The number of nitrogens with zero attached hydrogens (tertiary/aromatic N) is 4. The number of aryl methyl sites for hydroxylation is 1. The van der Waals surface area contributed by atoms with Crippen LogP contribution in [0.4, 0.5) is 0 Å². The van der Waals surface area contributed by atoms with Crippen LogP contribution in [-0.4, -0.2) is 56.9 Å². The molecule has 1 aromatic heterocycles. The predicted octanol–water partition coefficient (Wildman–Crippen LogP) is 0.371. The summed E-state index contributed by atoms with van der Waals surface area (Å²) in [6.45, 7) is 1.91. The van der Waals surface area contributed by atoms with Crippen molar-refractivity contribution in [2.75, 3.05) is 13.7 Å². The average molecular weight is 347 g/mol. The highest BCUT2D eigenvalue weighted by Gasteiger charge is 2.28. The molecule has 0 saturated carbocycles. The molecule has 2 rings (SSSR count). The van der Waals surface area contributed by atoms with Gasteiger partial charge in [-0.1, -0.05) is 30.3 Å². The molecule has 9 heteroatoms. The first kappa shape index (κ1) is 18.5. The Bertz CT molecular complexity index is 704. The molecule has 1 aromatic carbocycles. The van der Waals surface area contributed by atoms with Gasteiger partial charge in [-0.2, -0.15) is 0 Å². The predicted molar refractivity (Wildman–Crippen MR) is 87.8 cm³/mol. The number of carboxylic acid groups (broad SMARTS) is 1. The highest BCUT2D eigenvalue weighted by molar-refractivity contribution is 5.86. The Hall–Kier alpha value is -2.81. The van der Waals surface area contributed by atoms with Crippen LogP contribution in [-0.2, 0) is 20.7 Å². The molecule has 2 unspecified atom stereocenters. The van der Waals surface area contributed by atoms with Crippen LogP contribution in [0.25, 0.3) is 0 Å². The van der Waals surface area contributed by atoms with Gasteiger partial charge >= 0.3 is 5.97 Å². The third-order valence-electron chi connectivity index (χ3n) is 3.75. The zero-order valence-corrected chi connectivity index (χ0v) is 14.1. The van der Waals surface area contributed by atoms with Gasteiger partial charge in [0.05, 0.1) is 0 Å². The van der Waals surface area contributed by atoms with E-state index < -0.39 is 24.0 Å². The third-order valence-corrected chi connectivity index (χ3v) is 3.75. The van der Waals surface area contributed by atoms with Crippen molar-refractivity contribution in [3.8, 4) is 0 Å². The second kappa shape index (κ2) is 8.88. The van der Waals surface area contributed by atoms with Crippen LogP contribution >= 0.6 is 0 Å². The Morgan fingerprint density at radius 3 is 2.60 bits per heavy atom. The van der Waals surface area contributed by atoms with Crippen molar-refractivity contribution in [2.45, 2.75) is 31.8 Å². The van der Waals surface area contributed by atoms with Crippen LogP contribution in [0.15, 0.2) is 30.3 Å². The number of carbonyl (C=O) groups is 2. The Morgan fingerprint density at radius 2 is 2.04 bits per heavy atom. The molecule has 134 valence electrons. The number of nitrogens with one attached hydrogen (secondary N) is 1. The summed E-state index contributed by atoms with van der Waals surface area (Å²) in [6.07, 6.45) is 0.513. The van der Waals surface area contributed by atoms with Crippen molar-refractivity contribution in [1.82, 2.24) is 25.5 Å². The van der Waals surface area contributed by atoms with Crippen LogP contribution in [0, 0.1) is 6.92 Å². The number of ether oxygens (including phenoxy) is 1. The molecule has 0 aliphatic carbocycles. The number of hydrogen-bond donors (Lipinski definition) is 2. The highest BCUT2D eigenvalue weighted by Crippen LogP contribution is 2.15. The topological polar surface area (TPSA) is 119 Å². The third kappa shape index (κ3) is 5.08. The first-order chi connectivity index (χ1) is 12.0. The van der Waals surface area contributed by atoms with E-state index in [2.05, 4.69) is 20.8 Å². The van der Waals surface area contributed by atoms with Gasteiger partial charge in [0.2, 0.25) is 5.91 Å². The largest absolute Gasteiger partial charge is 0.480 e. The SMILES string of the molecule is COCCC(NC(=O)C(Cc1ccccc1)n1nnnc1C)C(=O)O. The quantitative estimate of drug-likeness (QED) is 0.672. The molecule has 0 aliphatic heterocycles. The van der Waals surface area contributed by atoms with Gasteiger partial charge in [-0.05, 0) is 22.9 Å². The van der Waals surface area contributed by atoms with E-state index in [-0.39, 0.29) is 13.0 Å². The minimum Gasteiger partial charge on any atom is -0.480 e. The minimum absolute atomic E-state index is 0.171. The van der Waals surface area contributed by atoms with Crippen LogP contribution in [0.1, 0.15) is 23.9 Å². The summed E-state index contributed by atoms with van der Waals surface area (Å²) >= 11 is 0. The van der Waals surface area contributed by atoms with Gasteiger partial charge in [0.1, 0.15) is 17.9 Å². The van der Waals surface area contributed by atoms with E-state index in [1.807, 2.05) is 30.3 Å². The maximum atomic E-state index is 12.7. The van der Waals surface area contributed by atoms with Gasteiger partial charge in [-0.15, -0.1) is 5.10 Å². The molecule has 9 nitrogen and oxygen atoms in total. The molecular weight excluding hydrogens is 326 g/mol. The van der Waals surface area contributed by atoms with Crippen LogP contribution in [0.5, 0.6) is 0 Å². The number of carboxylic acids is 1. The summed E-state index contributed by atoms with van der Waals surface area (Å²) < 4.78 is 6.30. The van der Waals surface area contributed by atoms with E-state index in [0.717, 1.165) is 5.56 Å². The number of tetrazole rings is 1. The number of methoxy groups -OCH3 is 1. The van der Waals surface area contributed by atoms with Crippen molar-refractivity contribution < 1.29 is 19.4 Å². The highest BCUT2D eigenvalue weighted by atomic mass is 16.5. The molecular formula is C16H21N5O4. The van der Waals surface area contributed by atoms with E-state index in [9.17, 15) is 14.7 Å². The number of rotatable bonds is 9. The fourth-order valence-corrected chi connectivity index (χ4v) is 2.41. The Labute approximate surface area is 145 Å². The molecule has 0 spiro atoms. The second-order valence-corrected chi connectivity index (χ2v) is 5.56. The summed E-state index contributed by atoms with van der Waals surface area (Å²) in [6, 6.07) is 7.61. The van der Waals surface area contributed by atoms with Gasteiger partial charge in [0.25, 0.3) is 0 Å². The fraction of sp³-hybridized carbons (Fsp3) is 0.438. The van der Waals surface area contributed by atoms with Crippen LogP contribution < -0.4 is 5.32 Å². The molecule has 1 heterocycles. The molecule has 0 fully saturated rings. The zero-order chi connectivity index (χ0) is 18.2. The van der Waals surface area contributed by atoms with Crippen molar-refractivity contribution in [3.63, 3.8) is 0 Å². The molecule has 0 aliphatic rings. The van der Waals surface area contributed by atoms with E-state index in [1.54, 1.807) is 6.92 Å². The molecule has 1 amide bonds. The maximum absolute atomic E-state index is 12.7. The number of aliphatic carboxylic acids is 1. The van der Waals surface area contributed by atoms with E-state index in [1.165, 1.54) is 11.8 Å². The van der Waals surface area contributed by atoms with Crippen molar-refractivity contribution in [2.24, 2.45) is 0 Å². The molecule has 0 saturated heterocycles. The summed E-state index contributed by atoms with van der Waals surface area (Å²) in [5.74, 6) is -1.10. The maximum Gasteiger partial charge on any atom is 0.326 e. The van der Waals surface area contributed by atoms with Gasteiger partial charge in [0, 0.05) is 26.6 Å². The van der Waals surface area contributed by atoms with Crippen molar-refractivity contribution >= 4 is 11.9 Å². The van der Waals surface area contributed by atoms with Crippen molar-refractivity contribution in [1.29, 1.82) is 0 Å².